The molecule has 0 unspecified atom stereocenters. The number of methoxy groups -OCH3 is 1. The average molecular weight is 264 g/mol. The number of hydrogen-bond acceptors (Lipinski definition) is 3. The van der Waals surface area contributed by atoms with Gasteiger partial charge in [-0.1, -0.05) is 12.1 Å². The number of rotatable bonds is 5. The van der Waals surface area contributed by atoms with Gasteiger partial charge in [-0.3, -0.25) is 0 Å². The molecular formula is C14H20N2O3. The van der Waals surface area contributed by atoms with Crippen LogP contribution in [-0.2, 0) is 4.74 Å². The highest BCUT2D eigenvalue weighted by atomic mass is 16.5. The Morgan fingerprint density at radius 2 is 2.32 bits per heavy atom. The van der Waals surface area contributed by atoms with Crippen LogP contribution in [-0.4, -0.2) is 32.4 Å². The van der Waals surface area contributed by atoms with Crippen LogP contribution in [0.2, 0.25) is 0 Å². The average Bonchev–Trinajstić information content (AvgIpc) is 2.92. The maximum atomic E-state index is 11.7. The highest BCUT2D eigenvalue weighted by Gasteiger charge is 2.15. The van der Waals surface area contributed by atoms with Crippen LogP contribution >= 0.6 is 0 Å². The Kier molecular flexibility index (Phi) is 5.03. The zero-order chi connectivity index (χ0) is 13.5. The highest BCUT2D eigenvalue weighted by molar-refractivity contribution is 5.90. The van der Waals surface area contributed by atoms with Crippen LogP contribution in [0.1, 0.15) is 19.3 Å². The molecule has 1 saturated heterocycles. The van der Waals surface area contributed by atoms with E-state index in [0.29, 0.717) is 24.1 Å². The molecule has 2 rings (SSSR count). The zero-order valence-corrected chi connectivity index (χ0v) is 11.1. The van der Waals surface area contributed by atoms with Gasteiger partial charge in [0.05, 0.1) is 18.9 Å². The molecule has 0 bridgehead atoms. The van der Waals surface area contributed by atoms with E-state index in [4.69, 9.17) is 9.47 Å². The Balaban J connectivity index is 1.74. The minimum absolute atomic E-state index is 0.220. The van der Waals surface area contributed by atoms with Gasteiger partial charge in [-0.25, -0.2) is 4.79 Å². The van der Waals surface area contributed by atoms with E-state index in [1.807, 2.05) is 18.2 Å². The second-order valence-electron chi connectivity index (χ2n) is 4.50. The minimum Gasteiger partial charge on any atom is -0.495 e. The molecule has 1 heterocycles. The Hall–Kier alpha value is -1.75. The summed E-state index contributed by atoms with van der Waals surface area (Å²) in [5.74, 6) is 0.650. The van der Waals surface area contributed by atoms with E-state index in [1.165, 1.54) is 0 Å². The lowest BCUT2D eigenvalue weighted by molar-refractivity contribution is 0.105. The van der Waals surface area contributed by atoms with Crippen molar-refractivity contribution in [1.29, 1.82) is 0 Å². The van der Waals surface area contributed by atoms with E-state index in [9.17, 15) is 4.79 Å². The minimum atomic E-state index is -0.220. The van der Waals surface area contributed by atoms with Gasteiger partial charge in [0.25, 0.3) is 0 Å². The summed E-state index contributed by atoms with van der Waals surface area (Å²) in [6, 6.07) is 7.10. The molecule has 5 heteroatoms. The number of amides is 2. The summed E-state index contributed by atoms with van der Waals surface area (Å²) in [4.78, 5) is 11.7. The maximum absolute atomic E-state index is 11.7. The molecule has 1 aliphatic heterocycles. The second-order valence-corrected chi connectivity index (χ2v) is 4.50. The summed E-state index contributed by atoms with van der Waals surface area (Å²) in [6.45, 7) is 1.46. The lowest BCUT2D eigenvalue weighted by Gasteiger charge is -2.12. The van der Waals surface area contributed by atoms with Crippen molar-refractivity contribution >= 4 is 11.7 Å². The van der Waals surface area contributed by atoms with Gasteiger partial charge in [0, 0.05) is 13.2 Å². The van der Waals surface area contributed by atoms with Gasteiger partial charge < -0.3 is 20.1 Å². The summed E-state index contributed by atoms with van der Waals surface area (Å²) in [7, 11) is 1.58. The van der Waals surface area contributed by atoms with Crippen LogP contribution in [0, 0.1) is 0 Å². The van der Waals surface area contributed by atoms with Crippen molar-refractivity contribution in [2.45, 2.75) is 25.4 Å². The molecule has 0 aliphatic carbocycles. The lowest BCUT2D eigenvalue weighted by Crippen LogP contribution is -2.31. The quantitative estimate of drug-likeness (QED) is 0.858. The molecule has 0 saturated carbocycles. The van der Waals surface area contributed by atoms with E-state index in [1.54, 1.807) is 13.2 Å². The first-order valence-electron chi connectivity index (χ1n) is 6.59. The van der Waals surface area contributed by atoms with Crippen molar-refractivity contribution in [3.8, 4) is 5.75 Å². The van der Waals surface area contributed by atoms with Crippen LogP contribution in [0.3, 0.4) is 0 Å². The largest absolute Gasteiger partial charge is 0.495 e. The van der Waals surface area contributed by atoms with Gasteiger partial charge in [0.15, 0.2) is 0 Å². The Labute approximate surface area is 113 Å². The van der Waals surface area contributed by atoms with Crippen LogP contribution in [0.15, 0.2) is 24.3 Å². The van der Waals surface area contributed by atoms with E-state index in [0.717, 1.165) is 25.9 Å². The molecule has 1 aromatic rings. The molecule has 104 valence electrons. The number of hydrogen-bond donors (Lipinski definition) is 2. The van der Waals surface area contributed by atoms with Crippen molar-refractivity contribution in [2.24, 2.45) is 0 Å². The number of benzene rings is 1. The van der Waals surface area contributed by atoms with Crippen molar-refractivity contribution < 1.29 is 14.3 Å². The van der Waals surface area contributed by atoms with Gasteiger partial charge in [0.2, 0.25) is 0 Å². The van der Waals surface area contributed by atoms with Crippen LogP contribution < -0.4 is 15.4 Å². The van der Waals surface area contributed by atoms with Gasteiger partial charge in [-0.05, 0) is 31.4 Å². The number of nitrogens with one attached hydrogen (secondary N) is 2. The zero-order valence-electron chi connectivity index (χ0n) is 11.1. The third-order valence-corrected chi connectivity index (χ3v) is 3.13. The second kappa shape index (κ2) is 6.99. The number of ether oxygens (including phenoxy) is 2. The van der Waals surface area contributed by atoms with Gasteiger partial charge in [-0.15, -0.1) is 0 Å². The topological polar surface area (TPSA) is 59.6 Å². The molecule has 2 amide bonds. The summed E-state index contributed by atoms with van der Waals surface area (Å²) in [6.07, 6.45) is 3.37. The SMILES string of the molecule is COc1ccccc1NC(=O)NCC[C@@H]1CCCO1. The molecule has 1 atom stereocenters. The van der Waals surface area contributed by atoms with E-state index in [-0.39, 0.29) is 6.03 Å². The number of anilines is 1. The first-order valence-corrected chi connectivity index (χ1v) is 6.59. The molecule has 1 aromatic carbocycles. The molecule has 0 aromatic heterocycles. The van der Waals surface area contributed by atoms with Crippen LogP contribution in [0.5, 0.6) is 5.75 Å². The predicted molar refractivity (Wildman–Crippen MR) is 73.6 cm³/mol. The molecule has 0 spiro atoms. The third-order valence-electron chi connectivity index (χ3n) is 3.13. The normalized spacial score (nSPS) is 18.1. The fraction of sp³-hybridized carbons (Fsp3) is 0.500. The number of urea groups is 1. The van der Waals surface area contributed by atoms with Crippen molar-refractivity contribution in [1.82, 2.24) is 5.32 Å². The van der Waals surface area contributed by atoms with E-state index >= 15 is 0 Å². The molecule has 5 nitrogen and oxygen atoms in total. The molecule has 0 radical (unpaired) electrons. The number of para-hydroxylation sites is 2. The lowest BCUT2D eigenvalue weighted by atomic mass is 10.2. The summed E-state index contributed by atoms with van der Waals surface area (Å²) >= 11 is 0. The van der Waals surface area contributed by atoms with Gasteiger partial charge in [0.1, 0.15) is 5.75 Å². The first kappa shape index (κ1) is 13.7. The van der Waals surface area contributed by atoms with Crippen LogP contribution in [0.25, 0.3) is 0 Å². The van der Waals surface area contributed by atoms with Crippen molar-refractivity contribution in [3.63, 3.8) is 0 Å². The molecule has 19 heavy (non-hydrogen) atoms. The molecule has 1 fully saturated rings. The molecule has 2 N–H and O–H groups in total. The highest BCUT2D eigenvalue weighted by Crippen LogP contribution is 2.22. The van der Waals surface area contributed by atoms with Crippen molar-refractivity contribution in [2.75, 3.05) is 25.6 Å². The monoisotopic (exact) mass is 264 g/mol. The van der Waals surface area contributed by atoms with E-state index in [2.05, 4.69) is 10.6 Å². The predicted octanol–water partition coefficient (Wildman–Crippen LogP) is 2.39. The number of carbonyl (C=O) groups excluding carboxylic acids is 1. The Morgan fingerprint density at radius 3 is 3.05 bits per heavy atom. The smallest absolute Gasteiger partial charge is 0.319 e. The fourth-order valence-corrected chi connectivity index (χ4v) is 2.13. The third kappa shape index (κ3) is 4.13. The maximum Gasteiger partial charge on any atom is 0.319 e. The molecule has 1 aliphatic rings. The summed E-state index contributed by atoms with van der Waals surface area (Å²) < 4.78 is 10.7. The Bertz CT molecular complexity index is 417. The van der Waals surface area contributed by atoms with Crippen molar-refractivity contribution in [3.05, 3.63) is 24.3 Å². The molecular weight excluding hydrogens is 244 g/mol. The van der Waals surface area contributed by atoms with Crippen LogP contribution in [0.4, 0.5) is 10.5 Å². The fourth-order valence-electron chi connectivity index (χ4n) is 2.13. The number of carbonyl (C=O) groups is 1. The standard InChI is InChI=1S/C14H20N2O3/c1-18-13-7-3-2-6-12(13)16-14(17)15-9-8-11-5-4-10-19-11/h2-3,6-7,11H,4-5,8-10H2,1H3,(H2,15,16,17)/t11-/m0/s1. The van der Waals surface area contributed by atoms with Gasteiger partial charge in [-0.2, -0.15) is 0 Å². The Morgan fingerprint density at radius 1 is 1.47 bits per heavy atom. The first-order chi connectivity index (χ1) is 9.29. The summed E-state index contributed by atoms with van der Waals surface area (Å²) in [5.41, 5.74) is 0.666. The van der Waals surface area contributed by atoms with E-state index < -0.39 is 0 Å². The van der Waals surface area contributed by atoms with Gasteiger partial charge >= 0.3 is 6.03 Å². The summed E-state index contributed by atoms with van der Waals surface area (Å²) in [5, 5.41) is 5.59.